The van der Waals surface area contributed by atoms with E-state index in [2.05, 4.69) is 35.5 Å². The molecule has 2 rings (SSSR count). The molecule has 2 aliphatic rings. The molecule has 0 saturated heterocycles. The summed E-state index contributed by atoms with van der Waals surface area (Å²) in [6, 6.07) is 0. The first kappa shape index (κ1) is 7.43. The summed E-state index contributed by atoms with van der Waals surface area (Å²) in [7, 11) is 0. The van der Waals surface area contributed by atoms with Crippen LogP contribution in [0.4, 0.5) is 0 Å². The molecule has 3 heteroatoms. The van der Waals surface area contributed by atoms with Crippen molar-refractivity contribution in [2.75, 3.05) is 6.54 Å². The number of nitrogens with two attached hydrogens (primary N) is 1. The van der Waals surface area contributed by atoms with Gasteiger partial charge >= 0.3 is 0 Å². The molecule has 1 unspecified atom stereocenters. The average molecular weight is 163 g/mol. The summed E-state index contributed by atoms with van der Waals surface area (Å²) in [5.41, 5.74) is 7.90. The molecule has 1 atom stereocenters. The Kier molecular flexibility index (Phi) is 1.66. The predicted octanol–water partition coefficient (Wildman–Crippen LogP) is 0.491. The molecule has 0 saturated carbocycles. The van der Waals surface area contributed by atoms with Crippen LogP contribution in [0.25, 0.3) is 0 Å². The number of nitrogens with zero attached hydrogens (tertiary/aromatic N) is 1. The van der Waals surface area contributed by atoms with Crippen LogP contribution in [-0.4, -0.2) is 17.6 Å². The van der Waals surface area contributed by atoms with Gasteiger partial charge in [-0.25, -0.2) is 0 Å². The van der Waals surface area contributed by atoms with Gasteiger partial charge in [0.2, 0.25) is 0 Å². The molecule has 0 spiro atoms. The quantitative estimate of drug-likeness (QED) is 0.591. The molecule has 2 aliphatic heterocycles. The van der Waals surface area contributed by atoms with E-state index < -0.39 is 0 Å². The topological polar surface area (TPSA) is 41.3 Å². The van der Waals surface area contributed by atoms with Gasteiger partial charge < -0.3 is 16.0 Å². The highest BCUT2D eigenvalue weighted by Crippen LogP contribution is 2.18. The second kappa shape index (κ2) is 2.68. The van der Waals surface area contributed by atoms with Crippen molar-refractivity contribution in [2.45, 2.75) is 13.1 Å². The number of hydrogen-bond donors (Lipinski definition) is 2. The van der Waals surface area contributed by atoms with E-state index in [1.54, 1.807) is 0 Å². The van der Waals surface area contributed by atoms with E-state index in [-0.39, 0.29) is 6.17 Å². The van der Waals surface area contributed by atoms with Gasteiger partial charge in [0.25, 0.3) is 0 Å². The van der Waals surface area contributed by atoms with E-state index in [1.165, 1.54) is 5.57 Å². The van der Waals surface area contributed by atoms with Crippen molar-refractivity contribution in [3.63, 3.8) is 0 Å². The Morgan fingerprint density at radius 2 is 2.50 bits per heavy atom. The average Bonchev–Trinajstić information content (AvgIpc) is 2.46. The van der Waals surface area contributed by atoms with E-state index in [0.29, 0.717) is 6.54 Å². The third kappa shape index (κ3) is 1.12. The van der Waals surface area contributed by atoms with E-state index in [4.69, 9.17) is 5.73 Å². The maximum absolute atomic E-state index is 5.52. The standard InChI is InChI=1S/C9H13N3/c1-7-2-3-12-6-8(5-10)11-9(12)4-7/h2-4,6,9,11H,5,10H2,1H3. The smallest absolute Gasteiger partial charge is 0.122 e. The van der Waals surface area contributed by atoms with E-state index in [9.17, 15) is 0 Å². The van der Waals surface area contributed by atoms with Gasteiger partial charge in [-0.05, 0) is 24.6 Å². The van der Waals surface area contributed by atoms with Gasteiger partial charge in [-0.15, -0.1) is 0 Å². The molecule has 0 radical (unpaired) electrons. The van der Waals surface area contributed by atoms with Crippen LogP contribution in [0.1, 0.15) is 6.92 Å². The summed E-state index contributed by atoms with van der Waals surface area (Å²) in [6.07, 6.45) is 8.67. The maximum Gasteiger partial charge on any atom is 0.122 e. The normalized spacial score (nSPS) is 26.2. The zero-order valence-corrected chi connectivity index (χ0v) is 7.12. The van der Waals surface area contributed by atoms with Crippen LogP contribution in [0.15, 0.2) is 35.8 Å². The van der Waals surface area contributed by atoms with Gasteiger partial charge in [-0.3, -0.25) is 0 Å². The van der Waals surface area contributed by atoms with E-state index >= 15 is 0 Å². The van der Waals surface area contributed by atoms with Crippen molar-refractivity contribution in [1.29, 1.82) is 0 Å². The molecular formula is C9H13N3. The van der Waals surface area contributed by atoms with Gasteiger partial charge in [0, 0.05) is 24.6 Å². The molecule has 0 fully saturated rings. The summed E-state index contributed by atoms with van der Waals surface area (Å²) < 4.78 is 0. The molecular weight excluding hydrogens is 150 g/mol. The van der Waals surface area contributed by atoms with Crippen molar-refractivity contribution >= 4 is 0 Å². The van der Waals surface area contributed by atoms with Gasteiger partial charge in [-0.1, -0.05) is 0 Å². The van der Waals surface area contributed by atoms with Crippen molar-refractivity contribution in [1.82, 2.24) is 10.2 Å². The molecule has 0 amide bonds. The summed E-state index contributed by atoms with van der Waals surface area (Å²) in [6.45, 7) is 2.67. The highest BCUT2D eigenvalue weighted by atomic mass is 15.3. The summed E-state index contributed by atoms with van der Waals surface area (Å²) in [4.78, 5) is 2.12. The number of hydrogen-bond acceptors (Lipinski definition) is 3. The zero-order chi connectivity index (χ0) is 8.55. The van der Waals surface area contributed by atoms with Crippen LogP contribution in [-0.2, 0) is 0 Å². The molecule has 3 nitrogen and oxygen atoms in total. The maximum atomic E-state index is 5.52. The Hall–Kier alpha value is -1.22. The molecule has 0 aromatic rings. The number of fused-ring (bicyclic) bond motifs is 1. The third-order valence-electron chi connectivity index (χ3n) is 2.11. The fraction of sp³-hybridized carbons (Fsp3) is 0.333. The van der Waals surface area contributed by atoms with Crippen LogP contribution >= 0.6 is 0 Å². The minimum absolute atomic E-state index is 0.286. The summed E-state index contributed by atoms with van der Waals surface area (Å²) in [5, 5.41) is 3.31. The lowest BCUT2D eigenvalue weighted by Crippen LogP contribution is -2.33. The molecule has 0 aromatic heterocycles. The Morgan fingerprint density at radius 1 is 1.67 bits per heavy atom. The Morgan fingerprint density at radius 3 is 3.25 bits per heavy atom. The minimum atomic E-state index is 0.286. The molecule has 0 aromatic carbocycles. The van der Waals surface area contributed by atoms with Gasteiger partial charge in [-0.2, -0.15) is 0 Å². The van der Waals surface area contributed by atoms with Crippen LogP contribution in [0.5, 0.6) is 0 Å². The van der Waals surface area contributed by atoms with Gasteiger partial charge in [0.1, 0.15) is 6.17 Å². The second-order valence-electron chi connectivity index (χ2n) is 3.12. The van der Waals surface area contributed by atoms with Crippen molar-refractivity contribution < 1.29 is 0 Å². The monoisotopic (exact) mass is 163 g/mol. The highest BCUT2D eigenvalue weighted by molar-refractivity contribution is 5.28. The Labute approximate surface area is 72.2 Å². The SMILES string of the molecule is CC1=CC2NC(CN)=CN2C=C1. The first-order chi connectivity index (χ1) is 5.79. The fourth-order valence-electron chi connectivity index (χ4n) is 1.45. The van der Waals surface area contributed by atoms with Crippen LogP contribution in [0.3, 0.4) is 0 Å². The Bertz CT molecular complexity index is 275. The van der Waals surface area contributed by atoms with Gasteiger partial charge in [0.15, 0.2) is 0 Å². The van der Waals surface area contributed by atoms with E-state index in [1.807, 2.05) is 6.20 Å². The fourth-order valence-corrected chi connectivity index (χ4v) is 1.45. The van der Waals surface area contributed by atoms with E-state index in [0.717, 1.165) is 5.70 Å². The second-order valence-corrected chi connectivity index (χ2v) is 3.12. The molecule has 3 N–H and O–H groups in total. The van der Waals surface area contributed by atoms with Crippen molar-refractivity contribution in [3.8, 4) is 0 Å². The summed E-state index contributed by atoms with van der Waals surface area (Å²) in [5.74, 6) is 0. The van der Waals surface area contributed by atoms with Crippen molar-refractivity contribution in [2.24, 2.45) is 5.73 Å². The lowest BCUT2D eigenvalue weighted by atomic mass is 10.2. The number of rotatable bonds is 1. The lowest BCUT2D eigenvalue weighted by Gasteiger charge is -2.22. The lowest BCUT2D eigenvalue weighted by molar-refractivity contribution is 0.421. The van der Waals surface area contributed by atoms with Crippen LogP contribution < -0.4 is 11.1 Å². The first-order valence-corrected chi connectivity index (χ1v) is 4.11. The molecule has 2 heterocycles. The van der Waals surface area contributed by atoms with Crippen LogP contribution in [0.2, 0.25) is 0 Å². The predicted molar refractivity (Wildman–Crippen MR) is 48.8 cm³/mol. The Balaban J connectivity index is 2.18. The van der Waals surface area contributed by atoms with Crippen molar-refractivity contribution in [3.05, 3.63) is 35.8 Å². The summed E-state index contributed by atoms with van der Waals surface area (Å²) >= 11 is 0. The molecule has 0 bridgehead atoms. The number of nitrogens with one attached hydrogen (secondary N) is 1. The van der Waals surface area contributed by atoms with Crippen LogP contribution in [0, 0.1) is 0 Å². The first-order valence-electron chi connectivity index (χ1n) is 4.11. The molecule has 0 aliphatic carbocycles. The minimum Gasteiger partial charge on any atom is -0.363 e. The largest absolute Gasteiger partial charge is 0.363 e. The van der Waals surface area contributed by atoms with Gasteiger partial charge in [0.05, 0.1) is 0 Å². The third-order valence-corrected chi connectivity index (χ3v) is 2.11. The number of allylic oxidation sites excluding steroid dienone is 2. The zero-order valence-electron chi connectivity index (χ0n) is 7.12. The molecule has 12 heavy (non-hydrogen) atoms. The molecule has 64 valence electrons. The highest BCUT2D eigenvalue weighted by Gasteiger charge is 2.20.